The minimum Gasteiger partial charge on any atom is -0.253 e. The van der Waals surface area contributed by atoms with Crippen molar-refractivity contribution in [2.75, 3.05) is 0 Å². The molecule has 0 spiro atoms. The molecule has 0 atom stereocenters. The minimum atomic E-state index is 1.10. The zero-order valence-corrected chi connectivity index (χ0v) is 10.7. The van der Waals surface area contributed by atoms with Crippen LogP contribution in [0, 0.1) is 24.3 Å². The third-order valence-electron chi connectivity index (χ3n) is 2.40. The summed E-state index contributed by atoms with van der Waals surface area (Å²) in [6, 6.07) is 6.51. The fourth-order valence-corrected chi connectivity index (χ4v) is 2.56. The molecule has 0 unspecified atom stereocenters. The number of hydrogen-bond acceptors (Lipinski definition) is 1. The van der Waals surface area contributed by atoms with E-state index in [9.17, 15) is 0 Å². The van der Waals surface area contributed by atoms with Gasteiger partial charge in [-0.2, -0.15) is 0 Å². The highest BCUT2D eigenvalue weighted by atomic mass is 127. The average molecular weight is 297 g/mol. The van der Waals surface area contributed by atoms with Gasteiger partial charge in [-0.25, -0.2) is 0 Å². The lowest BCUT2D eigenvalue weighted by Crippen LogP contribution is -1.91. The van der Waals surface area contributed by atoms with Gasteiger partial charge in [-0.15, -0.1) is 0 Å². The molecule has 0 aliphatic carbocycles. The van der Waals surface area contributed by atoms with Crippen LogP contribution in [0.2, 0.25) is 0 Å². The Morgan fingerprint density at radius 2 is 1.71 bits per heavy atom. The summed E-state index contributed by atoms with van der Waals surface area (Å²) in [6.07, 6.45) is 0. The molecule has 0 aliphatic rings. The van der Waals surface area contributed by atoms with Crippen LogP contribution in [0.25, 0.3) is 10.9 Å². The first-order valence-electron chi connectivity index (χ1n) is 4.62. The van der Waals surface area contributed by atoms with E-state index in [0.717, 1.165) is 11.2 Å². The predicted molar refractivity (Wildman–Crippen MR) is 68.7 cm³/mol. The van der Waals surface area contributed by atoms with Gasteiger partial charge in [-0.05, 0) is 72.7 Å². The molecule has 1 nitrogen and oxygen atoms in total. The normalized spacial score (nSPS) is 10.9. The molecular formula is C12H12IN. The van der Waals surface area contributed by atoms with Crippen LogP contribution in [0.15, 0.2) is 18.2 Å². The Hall–Kier alpha value is -0.640. The topological polar surface area (TPSA) is 12.9 Å². The van der Waals surface area contributed by atoms with E-state index in [1.165, 1.54) is 20.1 Å². The number of aryl methyl sites for hydroxylation is 3. The quantitative estimate of drug-likeness (QED) is 0.675. The molecule has 0 saturated carbocycles. The molecule has 1 aromatic heterocycles. The minimum absolute atomic E-state index is 1.10. The second-order valence-corrected chi connectivity index (χ2v) is 4.95. The molecule has 2 aromatic rings. The maximum Gasteiger partial charge on any atom is 0.0737 e. The lowest BCUT2D eigenvalue weighted by atomic mass is 10.1. The van der Waals surface area contributed by atoms with E-state index in [-0.39, 0.29) is 0 Å². The van der Waals surface area contributed by atoms with Crippen molar-refractivity contribution in [1.82, 2.24) is 4.98 Å². The Bertz CT molecular complexity index is 456. The van der Waals surface area contributed by atoms with Gasteiger partial charge in [0.15, 0.2) is 0 Å². The van der Waals surface area contributed by atoms with Gasteiger partial charge in [-0.3, -0.25) is 4.98 Å². The van der Waals surface area contributed by atoms with Crippen molar-refractivity contribution in [1.29, 1.82) is 0 Å². The van der Waals surface area contributed by atoms with Crippen molar-refractivity contribution < 1.29 is 0 Å². The van der Waals surface area contributed by atoms with Gasteiger partial charge < -0.3 is 0 Å². The van der Waals surface area contributed by atoms with E-state index < -0.39 is 0 Å². The number of halogens is 1. The van der Waals surface area contributed by atoms with Gasteiger partial charge in [0.2, 0.25) is 0 Å². The molecule has 1 aromatic carbocycles. The van der Waals surface area contributed by atoms with Crippen LogP contribution in [0.4, 0.5) is 0 Å². The molecule has 1 heterocycles. The molecule has 0 bridgehead atoms. The number of aromatic nitrogens is 1. The second-order valence-electron chi connectivity index (χ2n) is 3.70. The summed E-state index contributed by atoms with van der Waals surface area (Å²) in [5.74, 6) is 0. The lowest BCUT2D eigenvalue weighted by Gasteiger charge is -2.06. The van der Waals surface area contributed by atoms with Crippen LogP contribution in [0.5, 0.6) is 0 Å². The summed E-state index contributed by atoms with van der Waals surface area (Å²) < 4.78 is 1.28. The molecular weight excluding hydrogens is 285 g/mol. The van der Waals surface area contributed by atoms with Crippen molar-refractivity contribution in [3.8, 4) is 0 Å². The Morgan fingerprint density at radius 3 is 2.43 bits per heavy atom. The zero-order valence-electron chi connectivity index (χ0n) is 8.56. The summed E-state index contributed by atoms with van der Waals surface area (Å²) >= 11 is 2.35. The second kappa shape index (κ2) is 3.50. The Morgan fingerprint density at radius 1 is 1.00 bits per heavy atom. The number of rotatable bonds is 0. The molecule has 72 valence electrons. The fraction of sp³-hybridized carbons (Fsp3) is 0.250. The monoisotopic (exact) mass is 297 g/mol. The van der Waals surface area contributed by atoms with E-state index in [2.05, 4.69) is 59.6 Å². The smallest absolute Gasteiger partial charge is 0.0737 e. The largest absolute Gasteiger partial charge is 0.253 e. The molecule has 2 rings (SSSR count). The van der Waals surface area contributed by atoms with Crippen LogP contribution >= 0.6 is 22.6 Å². The summed E-state index contributed by atoms with van der Waals surface area (Å²) in [6.45, 7) is 6.31. The summed E-state index contributed by atoms with van der Waals surface area (Å²) in [5, 5.41) is 1.28. The van der Waals surface area contributed by atoms with Crippen LogP contribution in [-0.2, 0) is 0 Å². The third kappa shape index (κ3) is 1.63. The number of pyridine rings is 1. The first-order chi connectivity index (χ1) is 6.58. The molecule has 0 fully saturated rings. The van der Waals surface area contributed by atoms with E-state index in [0.29, 0.717) is 0 Å². The van der Waals surface area contributed by atoms with Crippen molar-refractivity contribution in [3.63, 3.8) is 0 Å². The SMILES string of the molecule is Cc1cc(C)c2cc(I)cc(C)c2n1. The molecule has 14 heavy (non-hydrogen) atoms. The Kier molecular flexibility index (Phi) is 2.47. The Labute approximate surface area is 97.7 Å². The van der Waals surface area contributed by atoms with Crippen molar-refractivity contribution in [3.05, 3.63) is 38.6 Å². The molecule has 2 heteroatoms. The summed E-state index contributed by atoms with van der Waals surface area (Å²) in [7, 11) is 0. The summed E-state index contributed by atoms with van der Waals surface area (Å²) in [4.78, 5) is 4.57. The lowest BCUT2D eigenvalue weighted by molar-refractivity contribution is 1.22. The highest BCUT2D eigenvalue weighted by Gasteiger charge is 2.04. The van der Waals surface area contributed by atoms with Crippen LogP contribution in [0.3, 0.4) is 0 Å². The summed E-state index contributed by atoms with van der Waals surface area (Å²) in [5.41, 5.74) is 4.81. The van der Waals surface area contributed by atoms with Gasteiger partial charge in [0.1, 0.15) is 0 Å². The van der Waals surface area contributed by atoms with E-state index in [4.69, 9.17) is 0 Å². The van der Waals surface area contributed by atoms with Gasteiger partial charge >= 0.3 is 0 Å². The number of fused-ring (bicyclic) bond motifs is 1. The molecule has 0 amide bonds. The zero-order chi connectivity index (χ0) is 10.3. The van der Waals surface area contributed by atoms with Crippen LogP contribution in [0.1, 0.15) is 16.8 Å². The molecule has 0 radical (unpaired) electrons. The highest BCUT2D eigenvalue weighted by Crippen LogP contribution is 2.23. The fourth-order valence-electron chi connectivity index (χ4n) is 1.78. The van der Waals surface area contributed by atoms with Crippen molar-refractivity contribution in [2.45, 2.75) is 20.8 Å². The number of nitrogens with zero attached hydrogens (tertiary/aromatic N) is 1. The van der Waals surface area contributed by atoms with Crippen LogP contribution in [-0.4, -0.2) is 4.98 Å². The first kappa shape index (κ1) is 9.90. The molecule has 0 N–H and O–H groups in total. The van der Waals surface area contributed by atoms with E-state index in [1.54, 1.807) is 0 Å². The maximum atomic E-state index is 4.57. The van der Waals surface area contributed by atoms with Crippen LogP contribution < -0.4 is 0 Å². The van der Waals surface area contributed by atoms with Crippen molar-refractivity contribution in [2.24, 2.45) is 0 Å². The van der Waals surface area contributed by atoms with Gasteiger partial charge in [0.25, 0.3) is 0 Å². The number of benzene rings is 1. The van der Waals surface area contributed by atoms with Gasteiger partial charge in [0, 0.05) is 14.7 Å². The number of hydrogen-bond donors (Lipinski definition) is 0. The van der Waals surface area contributed by atoms with Crippen molar-refractivity contribution >= 4 is 33.5 Å². The molecule has 0 saturated heterocycles. The molecule has 0 aliphatic heterocycles. The van der Waals surface area contributed by atoms with Gasteiger partial charge in [0.05, 0.1) is 5.52 Å². The Balaban J connectivity index is 2.94. The van der Waals surface area contributed by atoms with E-state index in [1.807, 2.05) is 6.92 Å². The first-order valence-corrected chi connectivity index (χ1v) is 5.70. The maximum absolute atomic E-state index is 4.57. The standard InChI is InChI=1S/C12H12IN/c1-7-4-9(3)14-12-8(2)5-10(13)6-11(7)12/h4-6H,1-3H3. The highest BCUT2D eigenvalue weighted by molar-refractivity contribution is 14.1. The third-order valence-corrected chi connectivity index (χ3v) is 3.03. The average Bonchev–Trinajstić information content (AvgIpc) is 2.07. The van der Waals surface area contributed by atoms with Gasteiger partial charge in [-0.1, -0.05) is 0 Å². The van der Waals surface area contributed by atoms with E-state index >= 15 is 0 Å². The predicted octanol–water partition coefficient (Wildman–Crippen LogP) is 3.76.